The molecule has 1 N–H and O–H groups in total. The van der Waals surface area contributed by atoms with Gasteiger partial charge in [0, 0.05) is 4.47 Å². The highest BCUT2D eigenvalue weighted by Crippen LogP contribution is 2.33. The van der Waals surface area contributed by atoms with Gasteiger partial charge in [0.2, 0.25) is 0 Å². The van der Waals surface area contributed by atoms with Crippen LogP contribution in [-0.2, 0) is 0 Å². The number of halogens is 3. The van der Waals surface area contributed by atoms with E-state index in [9.17, 15) is 0 Å². The van der Waals surface area contributed by atoms with Crippen LogP contribution in [0.3, 0.4) is 0 Å². The Morgan fingerprint density at radius 1 is 1.14 bits per heavy atom. The summed E-state index contributed by atoms with van der Waals surface area (Å²) < 4.78 is 1.13. The van der Waals surface area contributed by atoms with Gasteiger partial charge in [0.25, 0.3) is 0 Å². The van der Waals surface area contributed by atoms with Crippen LogP contribution in [0, 0.1) is 6.92 Å². The smallest absolute Gasteiger partial charge is 0.0595 e. The van der Waals surface area contributed by atoms with Crippen LogP contribution in [0.15, 0.2) is 40.9 Å². The normalized spacial score (nSPS) is 12.4. The first-order valence-electron chi connectivity index (χ1n) is 6.98. The van der Waals surface area contributed by atoms with Crippen LogP contribution in [-0.4, -0.2) is 6.54 Å². The molecule has 21 heavy (non-hydrogen) atoms. The molecule has 0 aliphatic heterocycles. The molecule has 0 fully saturated rings. The molecule has 0 spiro atoms. The Kier molecular flexibility index (Phi) is 6.12. The van der Waals surface area contributed by atoms with E-state index in [1.807, 2.05) is 18.2 Å². The van der Waals surface area contributed by atoms with Gasteiger partial charge < -0.3 is 5.32 Å². The van der Waals surface area contributed by atoms with Crippen LogP contribution in [0.2, 0.25) is 10.0 Å². The average molecular weight is 387 g/mol. The first kappa shape index (κ1) is 16.8. The molecule has 0 bridgehead atoms. The van der Waals surface area contributed by atoms with Crippen LogP contribution in [0.25, 0.3) is 0 Å². The van der Waals surface area contributed by atoms with Crippen LogP contribution < -0.4 is 5.32 Å². The van der Waals surface area contributed by atoms with Crippen molar-refractivity contribution in [2.24, 2.45) is 0 Å². The highest BCUT2D eigenvalue weighted by atomic mass is 79.9. The zero-order valence-electron chi connectivity index (χ0n) is 12.1. The van der Waals surface area contributed by atoms with E-state index in [4.69, 9.17) is 23.2 Å². The largest absolute Gasteiger partial charge is 0.306 e. The molecule has 4 heteroatoms. The van der Waals surface area contributed by atoms with Gasteiger partial charge in [-0.25, -0.2) is 0 Å². The fraction of sp³-hybridized carbons (Fsp3) is 0.294. The van der Waals surface area contributed by atoms with Gasteiger partial charge in [-0.05, 0) is 48.7 Å². The Labute approximate surface area is 144 Å². The zero-order chi connectivity index (χ0) is 15.4. The first-order valence-corrected chi connectivity index (χ1v) is 8.52. The second-order valence-electron chi connectivity index (χ2n) is 5.04. The maximum atomic E-state index is 6.18. The van der Waals surface area contributed by atoms with Crippen molar-refractivity contribution in [2.75, 3.05) is 6.54 Å². The lowest BCUT2D eigenvalue weighted by Gasteiger charge is -2.22. The molecule has 2 aromatic rings. The zero-order valence-corrected chi connectivity index (χ0v) is 15.2. The maximum Gasteiger partial charge on any atom is 0.0595 e. The summed E-state index contributed by atoms with van der Waals surface area (Å²) in [6.07, 6.45) is 1.07. The SMILES string of the molecule is CCCNC(c1ccc(Cl)c(Cl)c1)c1cccc(C)c1Br. The van der Waals surface area contributed by atoms with Crippen LogP contribution in [0.4, 0.5) is 0 Å². The van der Waals surface area contributed by atoms with Crippen molar-refractivity contribution in [3.8, 4) is 0 Å². The third-order valence-corrected chi connectivity index (χ3v) is 5.23. The van der Waals surface area contributed by atoms with Crippen LogP contribution in [0.1, 0.15) is 36.1 Å². The van der Waals surface area contributed by atoms with E-state index >= 15 is 0 Å². The standard InChI is InChI=1S/C17H18BrCl2N/c1-3-9-21-17(12-7-8-14(19)15(20)10-12)13-6-4-5-11(2)16(13)18/h4-8,10,17,21H,3,9H2,1-2H3. The molecule has 0 saturated carbocycles. The quantitative estimate of drug-likeness (QED) is 0.649. The number of nitrogens with one attached hydrogen (secondary N) is 1. The number of rotatable bonds is 5. The molecule has 0 heterocycles. The lowest BCUT2D eigenvalue weighted by molar-refractivity contribution is 0.596. The highest BCUT2D eigenvalue weighted by molar-refractivity contribution is 9.10. The van der Waals surface area contributed by atoms with Crippen molar-refractivity contribution < 1.29 is 0 Å². The van der Waals surface area contributed by atoms with Crippen LogP contribution in [0.5, 0.6) is 0 Å². The molecule has 2 aromatic carbocycles. The number of aryl methyl sites for hydroxylation is 1. The van der Waals surface area contributed by atoms with Crippen molar-refractivity contribution >= 4 is 39.1 Å². The molecule has 0 saturated heterocycles. The van der Waals surface area contributed by atoms with Crippen LogP contribution >= 0.6 is 39.1 Å². The molecule has 0 aliphatic carbocycles. The van der Waals surface area contributed by atoms with Crippen molar-refractivity contribution in [1.82, 2.24) is 5.32 Å². The number of hydrogen-bond acceptors (Lipinski definition) is 1. The number of hydrogen-bond donors (Lipinski definition) is 1. The van der Waals surface area contributed by atoms with Gasteiger partial charge in [-0.3, -0.25) is 0 Å². The summed E-state index contributed by atoms with van der Waals surface area (Å²) >= 11 is 15.9. The lowest BCUT2D eigenvalue weighted by Crippen LogP contribution is -2.23. The molecular weight excluding hydrogens is 369 g/mol. The van der Waals surface area contributed by atoms with Gasteiger partial charge in [0.05, 0.1) is 16.1 Å². The van der Waals surface area contributed by atoms with E-state index in [0.29, 0.717) is 10.0 Å². The first-order chi connectivity index (χ1) is 10.0. The van der Waals surface area contributed by atoms with Gasteiger partial charge in [0.1, 0.15) is 0 Å². The summed E-state index contributed by atoms with van der Waals surface area (Å²) in [5, 5.41) is 4.75. The minimum Gasteiger partial charge on any atom is -0.306 e. The van der Waals surface area contributed by atoms with Gasteiger partial charge in [-0.2, -0.15) is 0 Å². The molecule has 0 amide bonds. The van der Waals surface area contributed by atoms with Gasteiger partial charge in [-0.1, -0.05) is 70.3 Å². The summed E-state index contributed by atoms with van der Waals surface area (Å²) in [7, 11) is 0. The molecule has 0 radical (unpaired) electrons. The van der Waals surface area contributed by atoms with E-state index < -0.39 is 0 Å². The van der Waals surface area contributed by atoms with E-state index in [2.05, 4.69) is 53.3 Å². The fourth-order valence-electron chi connectivity index (χ4n) is 2.28. The monoisotopic (exact) mass is 385 g/mol. The molecule has 0 aromatic heterocycles. The summed E-state index contributed by atoms with van der Waals surface area (Å²) in [6.45, 7) is 5.19. The Bertz CT molecular complexity index is 628. The molecule has 1 nitrogen and oxygen atoms in total. The molecule has 1 unspecified atom stereocenters. The molecule has 1 atom stereocenters. The molecule has 2 rings (SSSR count). The van der Waals surface area contributed by atoms with Crippen molar-refractivity contribution in [3.05, 3.63) is 67.6 Å². The van der Waals surface area contributed by atoms with E-state index in [-0.39, 0.29) is 6.04 Å². The molecule has 0 aliphatic rings. The number of benzene rings is 2. The molecular formula is C17H18BrCl2N. The second-order valence-corrected chi connectivity index (χ2v) is 6.65. The van der Waals surface area contributed by atoms with Gasteiger partial charge >= 0.3 is 0 Å². The van der Waals surface area contributed by atoms with Gasteiger partial charge in [0.15, 0.2) is 0 Å². The van der Waals surface area contributed by atoms with E-state index in [1.54, 1.807) is 0 Å². The van der Waals surface area contributed by atoms with Gasteiger partial charge in [-0.15, -0.1) is 0 Å². The Morgan fingerprint density at radius 3 is 2.57 bits per heavy atom. The topological polar surface area (TPSA) is 12.0 Å². The fourth-order valence-corrected chi connectivity index (χ4v) is 3.08. The average Bonchev–Trinajstić information content (AvgIpc) is 2.47. The lowest BCUT2D eigenvalue weighted by atomic mass is 9.97. The van der Waals surface area contributed by atoms with Crippen molar-refractivity contribution in [1.29, 1.82) is 0 Å². The third-order valence-electron chi connectivity index (χ3n) is 3.41. The summed E-state index contributed by atoms with van der Waals surface area (Å²) in [5.74, 6) is 0. The summed E-state index contributed by atoms with van der Waals surface area (Å²) in [6, 6.07) is 12.2. The predicted octanol–water partition coefficient (Wildman–Crippen LogP) is 6.15. The van der Waals surface area contributed by atoms with E-state index in [0.717, 1.165) is 23.0 Å². The highest BCUT2D eigenvalue weighted by Gasteiger charge is 2.17. The molecule has 112 valence electrons. The minimum atomic E-state index is 0.0917. The predicted molar refractivity (Wildman–Crippen MR) is 95.5 cm³/mol. The maximum absolute atomic E-state index is 6.18. The summed E-state index contributed by atoms with van der Waals surface area (Å²) in [5.41, 5.74) is 3.54. The third kappa shape index (κ3) is 4.01. The van der Waals surface area contributed by atoms with Crippen molar-refractivity contribution in [2.45, 2.75) is 26.3 Å². The second kappa shape index (κ2) is 7.64. The van der Waals surface area contributed by atoms with E-state index in [1.165, 1.54) is 11.1 Å². The Hall–Kier alpha value is -0.540. The minimum absolute atomic E-state index is 0.0917. The summed E-state index contributed by atoms with van der Waals surface area (Å²) in [4.78, 5) is 0. The van der Waals surface area contributed by atoms with Crippen molar-refractivity contribution in [3.63, 3.8) is 0 Å². The Morgan fingerprint density at radius 2 is 1.90 bits per heavy atom. The Balaban J connectivity index is 2.47.